The molecule has 36 heteroatoms. The number of nitrogens with zero attached hydrogens (tertiary/aromatic N) is 10. The summed E-state index contributed by atoms with van der Waals surface area (Å²) in [5.41, 5.74) is 12.0. The number of ether oxygens (including phenoxy) is 2. The van der Waals surface area contributed by atoms with E-state index in [1.807, 2.05) is 185 Å². The Balaban J connectivity index is 0.000000254. The Kier molecular flexibility index (Phi) is 42.4. The molecule has 11 rings (SSSR count). The molecule has 6 aromatic carbocycles. The van der Waals surface area contributed by atoms with Crippen LogP contribution >= 0.6 is 45.3 Å². The topological polar surface area (TPSA) is 444 Å². The van der Waals surface area contributed by atoms with Crippen LogP contribution in [0.1, 0.15) is 174 Å². The lowest BCUT2D eigenvalue weighted by molar-refractivity contribution is -0.154. The van der Waals surface area contributed by atoms with Gasteiger partial charge in [-0.3, -0.25) is 24.4 Å². The molecule has 0 saturated carbocycles. The number of urea groups is 2. The van der Waals surface area contributed by atoms with E-state index in [-0.39, 0.29) is 94.8 Å². The van der Waals surface area contributed by atoms with Gasteiger partial charge in [0.25, 0.3) is 0 Å². The first-order chi connectivity index (χ1) is 64.3. The van der Waals surface area contributed by atoms with Crippen molar-refractivity contribution in [2.75, 3.05) is 20.7 Å². The summed E-state index contributed by atoms with van der Waals surface area (Å²) in [6.45, 7) is 19.9. The van der Waals surface area contributed by atoms with Gasteiger partial charge in [0.15, 0.2) is 0 Å². The van der Waals surface area contributed by atoms with E-state index < -0.39 is 84.6 Å². The molecule has 12 N–H and O–H groups in total. The van der Waals surface area contributed by atoms with Gasteiger partial charge in [0.2, 0.25) is 23.5 Å². The van der Waals surface area contributed by atoms with Gasteiger partial charge in [-0.15, -0.1) is 55.5 Å². The second-order valence-electron chi connectivity index (χ2n) is 34.3. The van der Waals surface area contributed by atoms with Crippen molar-refractivity contribution in [2.24, 2.45) is 17.8 Å². The molecule has 0 bridgehead atoms. The lowest BCUT2D eigenvalue weighted by Crippen LogP contribution is -2.55. The minimum Gasteiger partial charge on any atom is -0.508 e. The molecule has 0 aliphatic rings. The van der Waals surface area contributed by atoms with Crippen molar-refractivity contribution in [2.45, 2.75) is 226 Å². The number of aliphatic hydroxyl groups excluding tert-OH is 3. The highest BCUT2D eigenvalue weighted by Gasteiger charge is 2.37. The van der Waals surface area contributed by atoms with Crippen LogP contribution in [-0.2, 0) is 87.2 Å². The van der Waals surface area contributed by atoms with Gasteiger partial charge in [-0.25, -0.2) is 33.9 Å². The molecule has 134 heavy (non-hydrogen) atoms. The number of H-pyrrole nitrogens is 1. The number of carboxylic acids is 1. The summed E-state index contributed by atoms with van der Waals surface area (Å²) in [4.78, 5) is 128. The number of rotatable bonds is 45. The normalized spacial score (nSPS) is 13.5. The van der Waals surface area contributed by atoms with Crippen molar-refractivity contribution in [1.82, 2.24) is 87.2 Å². The number of nitrogens with one attached hydrogen (secondary N) is 7. The smallest absolute Gasteiger partial charge is 0.407 e. The summed E-state index contributed by atoms with van der Waals surface area (Å²) in [7, 11) is 3.34. The first kappa shape index (κ1) is 105. The molecule has 718 valence electrons. The SMILES string of the molecule is CC(C)c1nc(CN(C)C(=O)N[C@H](C(=O)N[C@@H](Cc2ccccc2)C[C@H](O)[C@H](Cc2ccc(O)cc2)NC(=O)OCc2cncs2)C(C)C)cs1.CC(C)c1nc(CN(C)C(=O)N[C@H](C(=O)N[C@@H](Cc2ccccc2)C[C@H](O)[C@H](Cc2ccccc2)NC(=O)OCc2cncs2)C(C)C)cs1.CCCCC(=O)N(Cc1ccc(-c2ccccc2-c2nn[nH]n2)cc1)C(C(=O)O)C(C)CO.[HH]. The number of aromatic amines is 1. The number of carbonyl (C=O) groups is 8. The van der Waals surface area contributed by atoms with Gasteiger partial charge in [0.05, 0.1) is 79.6 Å². The van der Waals surface area contributed by atoms with Gasteiger partial charge in [-0.2, -0.15) is 5.21 Å². The van der Waals surface area contributed by atoms with Gasteiger partial charge < -0.3 is 81.6 Å². The minimum atomic E-state index is -1.12. The number of carbonyl (C=O) groups excluding carboxylic acids is 7. The fourth-order valence-corrected chi connectivity index (χ4v) is 17.2. The molecule has 0 fully saturated rings. The molecule has 10 atom stereocenters. The Hall–Kier alpha value is -12.5. The number of phenolic OH excluding ortho intramolecular Hbond substituents is 1. The third-order valence-electron chi connectivity index (χ3n) is 22.0. The number of amides is 9. The molecule has 5 aromatic heterocycles. The van der Waals surface area contributed by atoms with Crippen LogP contribution in [0.3, 0.4) is 0 Å². The average Bonchev–Trinajstić information content (AvgIpc) is 1.80. The van der Waals surface area contributed by atoms with Crippen LogP contribution < -0.4 is 31.9 Å². The Bertz CT molecular complexity index is 5380. The quantitative estimate of drug-likeness (QED) is 0.0169. The Morgan fingerprint density at radius 1 is 0.507 bits per heavy atom. The van der Waals surface area contributed by atoms with E-state index in [1.165, 1.54) is 49.5 Å². The zero-order valence-corrected chi connectivity index (χ0v) is 80.9. The number of phenols is 1. The zero-order valence-electron chi connectivity index (χ0n) is 77.7. The molecule has 32 nitrogen and oxygen atoms in total. The highest BCUT2D eigenvalue weighted by molar-refractivity contribution is 7.10. The highest BCUT2D eigenvalue weighted by Crippen LogP contribution is 2.32. The number of hydrogen-bond donors (Lipinski definition) is 12. The maximum atomic E-state index is 13.9. The monoisotopic (exact) mass is 1910 g/mol. The van der Waals surface area contributed by atoms with Gasteiger partial charge >= 0.3 is 30.2 Å². The lowest BCUT2D eigenvalue weighted by Gasteiger charge is -2.32. The van der Waals surface area contributed by atoms with E-state index >= 15 is 0 Å². The standard InChI is InChI=1S/C37H48N6O6S2.C37H48N6O5S2.C24H29N5O4.H2/c1-23(2)33(42-36(47)43(5)19-28-21-50-35(40-28)24(3)4)34(46)39-27(15-25-9-7-6-8-10-25)17-32(45)31(16-26-11-13-29(44)14-12-26)41-37(48)49-20-30-18-38-22-51-30;1-24(2)33(42-36(46)43(5)20-29-22-49-35(40-29)25(3)4)34(45)39-28(16-26-12-8-6-9-13-26)18-32(44)31(17-27-14-10-7-11-15-27)41-37(47)48-21-30-19-38-23-50-30;1-3-4-9-21(31)29(22(24(32)33)16(2)15-30)14-17-10-12-18(13-11-17)19-7-5-6-8-20(19)23-25-27-28-26-23;/h6-14,18,21-24,27,31-33,44-45H,15-17,19-20H2,1-5H3,(H,39,46)(H,41,48)(H,42,47);6-15,19,22-25,28,31-33,44H,16-18,20-21H2,1-5H3,(H,39,45)(H,41,47)(H,42,46);5-8,10-13,16,22,30H,3-4,9,14-15H2,1-2H3,(H,32,33)(H,25,26,27,28);1H/t27-,31-,32-,33-;28-,31-,32-,33-;;/m00../s1. The number of hydrogen-bond acceptors (Lipinski definition) is 25. The molecule has 11 aromatic rings. The molecule has 0 spiro atoms. The molecular weight excluding hydrogens is 1780 g/mol. The first-order valence-corrected chi connectivity index (χ1v) is 48.3. The fraction of sp³-hybridized carbons (Fsp3) is 0.418. The van der Waals surface area contributed by atoms with Crippen LogP contribution in [0.4, 0.5) is 19.2 Å². The third-order valence-corrected chi connectivity index (χ3v) is 25.9. The average molecular weight is 1910 g/mol. The maximum absolute atomic E-state index is 13.9. The van der Waals surface area contributed by atoms with Crippen LogP contribution in [0.5, 0.6) is 5.75 Å². The van der Waals surface area contributed by atoms with Gasteiger partial charge in [-0.1, -0.05) is 227 Å². The van der Waals surface area contributed by atoms with E-state index in [0.29, 0.717) is 56.4 Å². The minimum absolute atomic E-state index is 0. The summed E-state index contributed by atoms with van der Waals surface area (Å²) in [5, 5.41) is 90.3. The number of carboxylic acid groups (broad SMARTS) is 1. The van der Waals surface area contributed by atoms with Crippen molar-refractivity contribution in [1.29, 1.82) is 0 Å². The van der Waals surface area contributed by atoms with E-state index in [9.17, 15) is 63.9 Å². The van der Waals surface area contributed by atoms with E-state index in [1.54, 1.807) is 79.2 Å². The Morgan fingerprint density at radius 2 is 0.933 bits per heavy atom. The van der Waals surface area contributed by atoms with Gasteiger partial charge in [0, 0.05) is 93.6 Å². The van der Waals surface area contributed by atoms with Crippen LogP contribution in [-0.4, -0.2) is 204 Å². The molecule has 2 unspecified atom stereocenters. The maximum Gasteiger partial charge on any atom is 0.407 e. The number of aromatic nitrogens is 8. The van der Waals surface area contributed by atoms with Crippen LogP contribution in [0, 0.1) is 17.8 Å². The number of aliphatic carboxylic acids is 1. The molecule has 0 aliphatic heterocycles. The van der Waals surface area contributed by atoms with Crippen molar-refractivity contribution in [3.05, 3.63) is 257 Å². The number of aromatic hydroxyl groups is 1. The number of aliphatic hydroxyl groups is 3. The van der Waals surface area contributed by atoms with Crippen LogP contribution in [0.15, 0.2) is 198 Å². The fourth-order valence-electron chi connectivity index (χ4n) is 14.6. The number of benzene rings is 6. The zero-order chi connectivity index (χ0) is 96.8. The predicted molar refractivity (Wildman–Crippen MR) is 520 cm³/mol. The third kappa shape index (κ3) is 34.2. The predicted octanol–water partition coefficient (Wildman–Crippen LogP) is 14.9. The van der Waals surface area contributed by atoms with Gasteiger partial charge in [-0.05, 0) is 113 Å². The molecule has 5 heterocycles. The Morgan fingerprint density at radius 3 is 1.32 bits per heavy atom. The number of thiazole rings is 4. The van der Waals surface area contributed by atoms with E-state index in [0.717, 1.165) is 82.1 Å². The number of unbranched alkanes of at least 4 members (excludes halogenated alkanes) is 1. The summed E-state index contributed by atoms with van der Waals surface area (Å²) in [6.07, 6.45) is 3.13. The summed E-state index contributed by atoms with van der Waals surface area (Å²) in [5.74, 6) is -1.96. The number of tetrazole rings is 1. The molecule has 0 saturated heterocycles. The number of alkyl carbamates (subject to hydrolysis) is 2. The Labute approximate surface area is 800 Å². The van der Waals surface area contributed by atoms with Crippen molar-refractivity contribution in [3.8, 4) is 28.3 Å². The lowest BCUT2D eigenvalue weighted by atomic mass is 9.93. The molecular formula is C98H127N17O15S4. The first-order valence-electron chi connectivity index (χ1n) is 44.8. The summed E-state index contributed by atoms with van der Waals surface area (Å²) in [6, 6.07) is 44.5. The van der Waals surface area contributed by atoms with Crippen molar-refractivity contribution >= 4 is 93.3 Å². The second-order valence-corrected chi connectivity index (χ2v) is 38.0. The molecule has 9 amide bonds. The summed E-state index contributed by atoms with van der Waals surface area (Å²) < 4.78 is 10.8. The molecule has 0 radical (unpaired) electrons. The van der Waals surface area contributed by atoms with E-state index in [2.05, 4.69) is 100 Å². The van der Waals surface area contributed by atoms with Crippen molar-refractivity contribution in [3.63, 3.8) is 0 Å². The van der Waals surface area contributed by atoms with Crippen molar-refractivity contribution < 1.29 is 74.8 Å². The highest BCUT2D eigenvalue weighted by atomic mass is 32.1. The van der Waals surface area contributed by atoms with E-state index in [4.69, 9.17) is 9.47 Å². The van der Waals surface area contributed by atoms with Crippen LogP contribution in [0.2, 0.25) is 0 Å². The van der Waals surface area contributed by atoms with Gasteiger partial charge in [0.1, 0.15) is 37.1 Å². The molecule has 0 aliphatic carbocycles. The summed E-state index contributed by atoms with van der Waals surface area (Å²) >= 11 is 5.87. The van der Waals surface area contributed by atoms with Crippen LogP contribution in [0.25, 0.3) is 22.5 Å². The largest absolute Gasteiger partial charge is 0.508 e. The second kappa shape index (κ2) is 54.0.